The van der Waals surface area contributed by atoms with Crippen LogP contribution in [-0.2, 0) is 28.7 Å². The van der Waals surface area contributed by atoms with Crippen molar-refractivity contribution in [2.24, 2.45) is 5.92 Å². The summed E-state index contributed by atoms with van der Waals surface area (Å²) < 4.78 is 5.63. The number of carbonyl (C=O) groups excluding carboxylic acids is 3. The number of nitrogens with one attached hydrogen (secondary N) is 4. The number of hydrogen-bond donors (Lipinski definition) is 6. The third kappa shape index (κ3) is 9.48. The molecule has 37 heavy (non-hydrogen) atoms. The first-order chi connectivity index (χ1) is 17.7. The van der Waals surface area contributed by atoms with Gasteiger partial charge in [-0.05, 0) is 38.3 Å². The average molecular weight is 541 g/mol. The van der Waals surface area contributed by atoms with Gasteiger partial charge in [0.25, 0.3) is 0 Å². The van der Waals surface area contributed by atoms with Crippen molar-refractivity contribution < 1.29 is 38.9 Å². The van der Waals surface area contributed by atoms with Crippen LogP contribution in [0.1, 0.15) is 45.4 Å². The van der Waals surface area contributed by atoms with Gasteiger partial charge in [-0.3, -0.25) is 29.3 Å². The second kappa shape index (κ2) is 15.4. The van der Waals surface area contributed by atoms with Crippen molar-refractivity contribution in [1.82, 2.24) is 21.3 Å². The lowest BCUT2D eigenvalue weighted by Crippen LogP contribution is -2.50. The van der Waals surface area contributed by atoms with E-state index in [4.69, 9.17) is 9.84 Å². The zero-order valence-corrected chi connectivity index (χ0v) is 21.9. The fraction of sp³-hybridized carbons (Fsp3) is 0.625. The number of thioether (sulfide) groups is 1. The lowest BCUT2D eigenvalue weighted by atomic mass is 9.90. The summed E-state index contributed by atoms with van der Waals surface area (Å²) in [6.07, 6.45) is 6.66. The Labute approximate surface area is 220 Å². The van der Waals surface area contributed by atoms with E-state index in [0.29, 0.717) is 18.6 Å². The molecule has 1 heterocycles. The summed E-state index contributed by atoms with van der Waals surface area (Å²) in [6.45, 7) is 1.63. The first-order valence-corrected chi connectivity index (χ1v) is 13.3. The standard InChI is InChI=1S/C24H36N4O8S/c1-3-6-18(21-14-7-4-5-8-15(14)24(35)36-21)37-12-17(22(32)26-11-20(30)31)28-19(29)10-9-16(23(33)34)27-13-25-2/h5,8,15-18,25,27H,3-4,6-7,9-13H2,1-2H3,(H,26,32)(H,28,29)(H,30,31)(H,33,34)/t15-,16+,17+,18-/m1/s1. The quantitative estimate of drug-likeness (QED) is 0.0850. The first-order valence-electron chi connectivity index (χ1n) is 12.3. The highest BCUT2D eigenvalue weighted by Crippen LogP contribution is 2.40. The Bertz CT molecular complexity index is 922. The van der Waals surface area contributed by atoms with Crippen molar-refractivity contribution >= 4 is 41.5 Å². The highest BCUT2D eigenvalue weighted by atomic mass is 32.2. The molecular formula is C24H36N4O8S. The van der Waals surface area contributed by atoms with Gasteiger partial charge in [0.05, 0.1) is 11.2 Å². The van der Waals surface area contributed by atoms with Gasteiger partial charge in [0.15, 0.2) is 0 Å². The number of allylic oxidation sites excluding steroid dienone is 1. The van der Waals surface area contributed by atoms with Gasteiger partial charge in [-0.1, -0.05) is 25.5 Å². The molecule has 6 N–H and O–H groups in total. The largest absolute Gasteiger partial charge is 0.480 e. The lowest BCUT2D eigenvalue weighted by molar-refractivity contribution is -0.140. The van der Waals surface area contributed by atoms with E-state index < -0.39 is 42.4 Å². The molecule has 1 aliphatic heterocycles. The average Bonchev–Trinajstić information content (AvgIpc) is 3.20. The van der Waals surface area contributed by atoms with Crippen molar-refractivity contribution in [2.45, 2.75) is 62.8 Å². The second-order valence-corrected chi connectivity index (χ2v) is 10.00. The SMILES string of the molecule is CCC[C@@H](SC[C@H](NC(=O)CC[C@H](NCNC)C(=O)O)C(=O)NCC(=O)O)C1=C2CCC=C[C@H]2C(=O)O1. The molecule has 206 valence electrons. The number of fused-ring (bicyclic) bond motifs is 1. The number of rotatable bonds is 17. The Kier molecular flexibility index (Phi) is 12.6. The molecule has 0 aromatic rings. The maximum atomic E-state index is 12.7. The molecule has 1 aliphatic carbocycles. The van der Waals surface area contributed by atoms with Gasteiger partial charge in [0.1, 0.15) is 24.4 Å². The predicted octanol–water partition coefficient (Wildman–Crippen LogP) is 0.351. The van der Waals surface area contributed by atoms with Crippen LogP contribution < -0.4 is 21.3 Å². The topological polar surface area (TPSA) is 183 Å². The van der Waals surface area contributed by atoms with E-state index in [9.17, 15) is 29.1 Å². The van der Waals surface area contributed by atoms with E-state index in [1.807, 2.05) is 19.1 Å². The van der Waals surface area contributed by atoms with Gasteiger partial charge in [-0.15, -0.1) is 11.8 Å². The number of carbonyl (C=O) groups is 5. The Hall–Kier alpha value is -2.90. The second-order valence-electron chi connectivity index (χ2n) is 8.76. The molecule has 0 spiro atoms. The van der Waals surface area contributed by atoms with Crippen LogP contribution >= 0.6 is 11.8 Å². The molecule has 0 radical (unpaired) electrons. The summed E-state index contributed by atoms with van der Waals surface area (Å²) in [4.78, 5) is 60.0. The van der Waals surface area contributed by atoms with Crippen LogP contribution in [0.15, 0.2) is 23.5 Å². The first kappa shape index (κ1) is 30.3. The molecule has 0 saturated heterocycles. The number of carboxylic acid groups (broad SMARTS) is 2. The Morgan fingerprint density at radius 1 is 1.19 bits per heavy atom. The molecule has 13 heteroatoms. The van der Waals surface area contributed by atoms with Gasteiger partial charge in [0, 0.05) is 18.8 Å². The number of cyclic esters (lactones) is 1. The number of ether oxygens (including phenoxy) is 1. The molecule has 2 rings (SSSR count). The van der Waals surface area contributed by atoms with Crippen molar-refractivity contribution in [2.75, 3.05) is 26.0 Å². The van der Waals surface area contributed by atoms with Gasteiger partial charge in [-0.25, -0.2) is 0 Å². The van der Waals surface area contributed by atoms with E-state index in [2.05, 4.69) is 21.3 Å². The van der Waals surface area contributed by atoms with Crippen LogP contribution in [0, 0.1) is 5.92 Å². The van der Waals surface area contributed by atoms with Crippen molar-refractivity contribution in [3.05, 3.63) is 23.5 Å². The van der Waals surface area contributed by atoms with Crippen molar-refractivity contribution in [3.8, 4) is 0 Å². The molecule has 0 bridgehead atoms. The van der Waals surface area contributed by atoms with E-state index in [0.717, 1.165) is 18.4 Å². The van der Waals surface area contributed by atoms with Crippen LogP contribution in [0.5, 0.6) is 0 Å². The van der Waals surface area contributed by atoms with E-state index >= 15 is 0 Å². The Balaban J connectivity index is 2.09. The summed E-state index contributed by atoms with van der Waals surface area (Å²) in [5, 5.41) is 28.5. The minimum atomic E-state index is -1.23. The van der Waals surface area contributed by atoms with Crippen LogP contribution in [0.3, 0.4) is 0 Å². The maximum Gasteiger partial charge on any atom is 0.322 e. The smallest absolute Gasteiger partial charge is 0.322 e. The summed E-state index contributed by atoms with van der Waals surface area (Å²) in [5.41, 5.74) is 0.947. The minimum absolute atomic E-state index is 0.000974. The Morgan fingerprint density at radius 3 is 2.59 bits per heavy atom. The summed E-state index contributed by atoms with van der Waals surface area (Å²) in [6, 6.07) is -2.02. The van der Waals surface area contributed by atoms with Gasteiger partial charge < -0.3 is 30.9 Å². The molecule has 0 aromatic heterocycles. The molecule has 0 unspecified atom stereocenters. The highest BCUT2D eigenvalue weighted by molar-refractivity contribution is 8.00. The van der Waals surface area contributed by atoms with Gasteiger partial charge in [0.2, 0.25) is 11.8 Å². The molecule has 0 saturated carbocycles. The molecule has 12 nitrogen and oxygen atoms in total. The number of hydrogen-bond acceptors (Lipinski definition) is 9. The molecule has 2 amide bonds. The number of amides is 2. The molecular weight excluding hydrogens is 504 g/mol. The fourth-order valence-electron chi connectivity index (χ4n) is 4.06. The van der Waals surface area contributed by atoms with Gasteiger partial charge >= 0.3 is 17.9 Å². The highest BCUT2D eigenvalue weighted by Gasteiger charge is 2.38. The van der Waals surface area contributed by atoms with E-state index in [1.54, 1.807) is 7.05 Å². The molecule has 2 aliphatic rings. The number of aliphatic carboxylic acids is 2. The van der Waals surface area contributed by atoms with Crippen LogP contribution in [0.25, 0.3) is 0 Å². The van der Waals surface area contributed by atoms with Crippen LogP contribution in [0.2, 0.25) is 0 Å². The zero-order valence-electron chi connectivity index (χ0n) is 21.1. The van der Waals surface area contributed by atoms with Gasteiger partial charge in [-0.2, -0.15) is 0 Å². The van der Waals surface area contributed by atoms with E-state index in [1.165, 1.54) is 11.8 Å². The summed E-state index contributed by atoms with van der Waals surface area (Å²) in [5.74, 6) is -3.50. The number of carboxylic acids is 2. The monoisotopic (exact) mass is 540 g/mol. The lowest BCUT2D eigenvalue weighted by Gasteiger charge is -2.23. The maximum absolute atomic E-state index is 12.7. The van der Waals surface area contributed by atoms with E-state index in [-0.39, 0.29) is 42.4 Å². The number of esters is 1. The normalized spacial score (nSPS) is 19.0. The molecule has 0 fully saturated rings. The summed E-state index contributed by atoms with van der Waals surface area (Å²) in [7, 11) is 1.65. The Morgan fingerprint density at radius 2 is 1.95 bits per heavy atom. The molecule has 0 aromatic carbocycles. The predicted molar refractivity (Wildman–Crippen MR) is 136 cm³/mol. The third-order valence-electron chi connectivity index (χ3n) is 5.92. The van der Waals surface area contributed by atoms with Crippen LogP contribution in [-0.4, -0.2) is 83.3 Å². The zero-order chi connectivity index (χ0) is 27.4. The summed E-state index contributed by atoms with van der Waals surface area (Å²) >= 11 is 1.36. The fourth-order valence-corrected chi connectivity index (χ4v) is 5.48. The third-order valence-corrected chi connectivity index (χ3v) is 7.30. The van der Waals surface area contributed by atoms with Crippen molar-refractivity contribution in [3.63, 3.8) is 0 Å². The van der Waals surface area contributed by atoms with Crippen LogP contribution in [0.4, 0.5) is 0 Å². The minimum Gasteiger partial charge on any atom is -0.480 e. The molecule has 4 atom stereocenters. The van der Waals surface area contributed by atoms with Crippen molar-refractivity contribution in [1.29, 1.82) is 0 Å².